The molecule has 1 saturated heterocycles. The molecule has 0 aromatic heterocycles. The first-order chi connectivity index (χ1) is 13.4. The highest BCUT2D eigenvalue weighted by molar-refractivity contribution is 6.02. The molecular weight excluding hydrogens is 356 g/mol. The summed E-state index contributed by atoms with van der Waals surface area (Å²) in [5.74, 6) is 0.153. The van der Waals surface area contributed by atoms with Gasteiger partial charge in [-0.1, -0.05) is 30.3 Å². The molecule has 0 spiro atoms. The van der Waals surface area contributed by atoms with Gasteiger partial charge in [0.15, 0.2) is 17.7 Å². The summed E-state index contributed by atoms with van der Waals surface area (Å²) in [6.07, 6.45) is 1.60. The summed E-state index contributed by atoms with van der Waals surface area (Å²) in [5.41, 5.74) is 1.72. The molecule has 3 rings (SSSR count). The summed E-state index contributed by atoms with van der Waals surface area (Å²) >= 11 is 0. The van der Waals surface area contributed by atoms with Gasteiger partial charge in [-0.25, -0.2) is 0 Å². The van der Waals surface area contributed by atoms with Crippen molar-refractivity contribution in [3.63, 3.8) is 0 Å². The maximum Gasteiger partial charge on any atom is 0.198 e. The Bertz CT molecular complexity index is 800. The lowest BCUT2D eigenvalue weighted by molar-refractivity contribution is -0.143. The van der Waals surface area contributed by atoms with Crippen LogP contribution in [0.2, 0.25) is 0 Å². The maximum absolute atomic E-state index is 13.3. The molecule has 0 radical (unpaired) electrons. The number of hydrogen-bond acceptors (Lipinski definition) is 5. The molecule has 1 aliphatic rings. The number of carbonyl (C=O) groups excluding carboxylic acids is 1. The van der Waals surface area contributed by atoms with Crippen LogP contribution in [0.25, 0.3) is 0 Å². The normalized spacial score (nSPS) is 20.7. The monoisotopic (exact) mass is 384 g/mol. The lowest BCUT2D eigenvalue weighted by Crippen LogP contribution is -2.32. The van der Waals surface area contributed by atoms with Gasteiger partial charge in [-0.05, 0) is 56.9 Å². The molecule has 0 unspecified atom stereocenters. The first kappa shape index (κ1) is 20.4. The van der Waals surface area contributed by atoms with E-state index >= 15 is 0 Å². The van der Waals surface area contributed by atoms with Gasteiger partial charge < -0.3 is 18.9 Å². The van der Waals surface area contributed by atoms with Gasteiger partial charge in [-0.2, -0.15) is 0 Å². The molecular formula is C23H28O5. The Morgan fingerprint density at radius 3 is 2.46 bits per heavy atom. The van der Waals surface area contributed by atoms with E-state index in [0.29, 0.717) is 17.1 Å². The van der Waals surface area contributed by atoms with Crippen LogP contribution >= 0.6 is 0 Å². The van der Waals surface area contributed by atoms with Crippen LogP contribution in [0.3, 0.4) is 0 Å². The maximum atomic E-state index is 13.3. The van der Waals surface area contributed by atoms with Crippen LogP contribution in [0.1, 0.15) is 42.6 Å². The molecule has 150 valence electrons. The Morgan fingerprint density at radius 1 is 1.04 bits per heavy atom. The smallest absolute Gasteiger partial charge is 0.198 e. The van der Waals surface area contributed by atoms with Crippen LogP contribution in [-0.2, 0) is 15.9 Å². The Morgan fingerprint density at radius 2 is 1.79 bits per heavy atom. The lowest BCUT2D eigenvalue weighted by atomic mass is 9.97. The number of methoxy groups -OCH3 is 2. The summed E-state index contributed by atoms with van der Waals surface area (Å²) in [4.78, 5) is 13.3. The van der Waals surface area contributed by atoms with Crippen molar-refractivity contribution in [3.05, 3.63) is 59.7 Å². The molecule has 2 atom stereocenters. The topological polar surface area (TPSA) is 54.0 Å². The van der Waals surface area contributed by atoms with Gasteiger partial charge in [-0.15, -0.1) is 0 Å². The van der Waals surface area contributed by atoms with Crippen molar-refractivity contribution in [3.8, 4) is 11.5 Å². The molecule has 1 aliphatic heterocycles. The first-order valence-electron chi connectivity index (χ1n) is 9.59. The number of benzene rings is 2. The van der Waals surface area contributed by atoms with Crippen LogP contribution in [0.15, 0.2) is 48.5 Å². The van der Waals surface area contributed by atoms with Gasteiger partial charge in [0.05, 0.1) is 25.9 Å². The fraction of sp³-hybridized carbons (Fsp3) is 0.435. The number of carbonyl (C=O) groups is 1. The van der Waals surface area contributed by atoms with E-state index in [9.17, 15) is 4.79 Å². The fourth-order valence-electron chi connectivity index (χ4n) is 3.58. The van der Waals surface area contributed by atoms with Gasteiger partial charge in [0, 0.05) is 0 Å². The van der Waals surface area contributed by atoms with Crippen LogP contribution < -0.4 is 9.47 Å². The second-order valence-electron chi connectivity index (χ2n) is 7.40. The summed E-state index contributed by atoms with van der Waals surface area (Å²) in [5, 5.41) is 0. The average molecular weight is 384 g/mol. The summed E-state index contributed by atoms with van der Waals surface area (Å²) < 4.78 is 22.7. The molecule has 1 heterocycles. The van der Waals surface area contributed by atoms with Crippen molar-refractivity contribution in [2.45, 2.75) is 51.1 Å². The lowest BCUT2D eigenvalue weighted by Gasteiger charge is -2.18. The minimum absolute atomic E-state index is 0.147. The minimum atomic E-state index is -0.802. The molecule has 0 N–H and O–H groups in total. The number of Topliss-reactive ketones (excluding diaryl/α,β-unsaturated/α-hetero) is 1. The van der Waals surface area contributed by atoms with Gasteiger partial charge in [0.1, 0.15) is 11.5 Å². The minimum Gasteiger partial charge on any atom is -0.497 e. The summed E-state index contributed by atoms with van der Waals surface area (Å²) in [6, 6.07) is 15.5. The summed E-state index contributed by atoms with van der Waals surface area (Å²) in [7, 11) is 3.12. The third-order valence-corrected chi connectivity index (χ3v) is 4.91. The van der Waals surface area contributed by atoms with Crippen molar-refractivity contribution in [1.29, 1.82) is 0 Å². The quantitative estimate of drug-likeness (QED) is 0.630. The van der Waals surface area contributed by atoms with Gasteiger partial charge in [0.25, 0.3) is 0 Å². The molecule has 2 aromatic carbocycles. The molecule has 0 aliphatic carbocycles. The first-order valence-corrected chi connectivity index (χ1v) is 9.59. The highest BCUT2D eigenvalue weighted by Crippen LogP contribution is 2.35. The van der Waals surface area contributed by atoms with E-state index < -0.39 is 11.9 Å². The van der Waals surface area contributed by atoms with E-state index in [-0.39, 0.29) is 11.9 Å². The third kappa shape index (κ3) is 4.72. The molecule has 1 fully saturated rings. The average Bonchev–Trinajstić information content (AvgIpc) is 3.02. The van der Waals surface area contributed by atoms with Crippen molar-refractivity contribution in [2.24, 2.45) is 0 Å². The standard InChI is InChI=1S/C23H28O5/c1-23(2)27-20(12-8-11-16-9-6-5-7-10-16)22(28-23)21(24)18-15-17(25-3)13-14-19(18)26-4/h5-7,9-10,13-15,20,22H,8,11-12H2,1-4H3/t20-,22+/m0/s1. The fourth-order valence-corrected chi connectivity index (χ4v) is 3.58. The van der Waals surface area contributed by atoms with Gasteiger partial charge in [-0.3, -0.25) is 4.79 Å². The molecule has 5 heteroatoms. The number of ether oxygens (including phenoxy) is 4. The Balaban J connectivity index is 1.75. The Kier molecular flexibility index (Phi) is 6.37. The number of aryl methyl sites for hydroxylation is 1. The zero-order valence-corrected chi connectivity index (χ0v) is 16.9. The number of rotatable bonds is 8. The van der Waals surface area contributed by atoms with E-state index in [1.807, 2.05) is 32.0 Å². The van der Waals surface area contributed by atoms with Crippen LogP contribution in [0.4, 0.5) is 0 Å². The van der Waals surface area contributed by atoms with Gasteiger partial charge >= 0.3 is 0 Å². The second kappa shape index (κ2) is 8.76. The van der Waals surface area contributed by atoms with Crippen molar-refractivity contribution in [1.82, 2.24) is 0 Å². The molecule has 0 saturated carbocycles. The predicted octanol–water partition coefficient (Wildman–Crippen LogP) is 4.43. The molecule has 0 amide bonds. The van der Waals surface area contributed by atoms with Crippen LogP contribution in [-0.4, -0.2) is 38.0 Å². The number of ketones is 1. The van der Waals surface area contributed by atoms with Crippen molar-refractivity contribution in [2.75, 3.05) is 14.2 Å². The van der Waals surface area contributed by atoms with Crippen LogP contribution in [0, 0.1) is 0 Å². The SMILES string of the molecule is COc1ccc(OC)c(C(=O)[C@@H]2OC(C)(C)O[C@H]2CCCc2ccccc2)c1. The van der Waals surface area contributed by atoms with Crippen LogP contribution in [0.5, 0.6) is 11.5 Å². The number of hydrogen-bond donors (Lipinski definition) is 0. The molecule has 5 nitrogen and oxygen atoms in total. The van der Waals surface area contributed by atoms with E-state index in [1.165, 1.54) is 5.56 Å². The van der Waals surface area contributed by atoms with E-state index in [4.69, 9.17) is 18.9 Å². The second-order valence-corrected chi connectivity index (χ2v) is 7.40. The zero-order chi connectivity index (χ0) is 20.1. The molecule has 2 aromatic rings. The molecule has 28 heavy (non-hydrogen) atoms. The zero-order valence-electron chi connectivity index (χ0n) is 16.9. The Hall–Kier alpha value is -2.37. The van der Waals surface area contributed by atoms with E-state index in [1.54, 1.807) is 32.4 Å². The highest BCUT2D eigenvalue weighted by atomic mass is 16.8. The van der Waals surface area contributed by atoms with E-state index in [2.05, 4.69) is 12.1 Å². The van der Waals surface area contributed by atoms with Gasteiger partial charge in [0.2, 0.25) is 0 Å². The largest absolute Gasteiger partial charge is 0.497 e. The predicted molar refractivity (Wildman–Crippen MR) is 107 cm³/mol. The van der Waals surface area contributed by atoms with Crippen molar-refractivity contribution >= 4 is 5.78 Å². The highest BCUT2D eigenvalue weighted by Gasteiger charge is 2.45. The van der Waals surface area contributed by atoms with E-state index in [0.717, 1.165) is 19.3 Å². The Labute approximate surface area is 166 Å². The molecule has 0 bridgehead atoms. The van der Waals surface area contributed by atoms with Crippen molar-refractivity contribution < 1.29 is 23.7 Å². The third-order valence-electron chi connectivity index (χ3n) is 4.91. The summed E-state index contributed by atoms with van der Waals surface area (Å²) in [6.45, 7) is 3.68.